The molecule has 3 aromatic rings. The Hall–Kier alpha value is -2.95. The van der Waals surface area contributed by atoms with Crippen molar-refractivity contribution in [3.63, 3.8) is 0 Å². The number of carbonyl (C=O) groups is 1. The van der Waals surface area contributed by atoms with Gasteiger partial charge in [-0.1, -0.05) is 12.1 Å². The van der Waals surface area contributed by atoms with Gasteiger partial charge in [0.2, 0.25) is 0 Å². The first-order valence-corrected chi connectivity index (χ1v) is 7.31. The lowest BCUT2D eigenvalue weighted by Crippen LogP contribution is -2.28. The maximum atomic E-state index is 12.5. The lowest BCUT2D eigenvalue weighted by Gasteiger charge is -2.11. The van der Waals surface area contributed by atoms with Crippen LogP contribution in [0.2, 0.25) is 0 Å². The predicted molar refractivity (Wildman–Crippen MR) is 90.9 cm³/mol. The first-order valence-electron chi connectivity index (χ1n) is 7.31. The topological polar surface area (TPSA) is 64.0 Å². The van der Waals surface area contributed by atoms with Crippen LogP contribution in [-0.4, -0.2) is 15.5 Å². The number of rotatable bonds is 2. The highest BCUT2D eigenvalue weighted by Crippen LogP contribution is 2.17. The maximum absolute atomic E-state index is 12.5. The van der Waals surface area contributed by atoms with Crippen LogP contribution in [0.25, 0.3) is 11.0 Å². The third kappa shape index (κ3) is 2.73. The number of aryl methyl sites for hydroxylation is 3. The average molecular weight is 307 g/mol. The van der Waals surface area contributed by atoms with Crippen molar-refractivity contribution in [3.05, 3.63) is 69.6 Å². The van der Waals surface area contributed by atoms with Crippen LogP contribution in [0.5, 0.6) is 0 Å². The number of hydrogen-bond donors (Lipinski definition) is 1. The smallest absolute Gasteiger partial charge is 0.264 e. The van der Waals surface area contributed by atoms with E-state index >= 15 is 0 Å². The van der Waals surface area contributed by atoms with Crippen LogP contribution in [0.1, 0.15) is 21.5 Å². The third-order valence-electron chi connectivity index (χ3n) is 3.86. The zero-order chi connectivity index (χ0) is 16.6. The number of fused-ring (bicyclic) bond motifs is 1. The summed E-state index contributed by atoms with van der Waals surface area (Å²) in [5.74, 6) is -0.412. The van der Waals surface area contributed by atoms with Gasteiger partial charge in [-0.05, 0) is 49.2 Å². The maximum Gasteiger partial charge on any atom is 0.264 e. The fourth-order valence-corrected chi connectivity index (χ4v) is 2.52. The van der Waals surface area contributed by atoms with Gasteiger partial charge in [-0.3, -0.25) is 14.2 Å². The molecule has 0 atom stereocenters. The van der Waals surface area contributed by atoms with Gasteiger partial charge >= 0.3 is 0 Å². The van der Waals surface area contributed by atoms with E-state index in [2.05, 4.69) is 10.3 Å². The minimum Gasteiger partial charge on any atom is -0.322 e. The number of benzene rings is 1. The van der Waals surface area contributed by atoms with Gasteiger partial charge in [0.25, 0.3) is 11.5 Å². The molecule has 0 spiro atoms. The summed E-state index contributed by atoms with van der Waals surface area (Å²) in [5, 5.41) is 3.58. The van der Waals surface area contributed by atoms with Crippen molar-refractivity contribution in [2.75, 3.05) is 5.32 Å². The molecule has 3 rings (SSSR count). The molecule has 0 bridgehead atoms. The molecule has 1 N–H and O–H groups in total. The summed E-state index contributed by atoms with van der Waals surface area (Å²) in [7, 11) is 1.62. The van der Waals surface area contributed by atoms with Gasteiger partial charge in [0.05, 0.1) is 0 Å². The zero-order valence-corrected chi connectivity index (χ0v) is 13.3. The second kappa shape index (κ2) is 5.68. The summed E-state index contributed by atoms with van der Waals surface area (Å²) >= 11 is 0. The molecule has 0 aliphatic carbocycles. The second-order valence-corrected chi connectivity index (χ2v) is 5.61. The van der Waals surface area contributed by atoms with Crippen molar-refractivity contribution in [1.82, 2.24) is 9.55 Å². The van der Waals surface area contributed by atoms with Crippen molar-refractivity contribution in [3.8, 4) is 0 Å². The molecule has 0 saturated heterocycles. The molecular formula is C18H17N3O2. The van der Waals surface area contributed by atoms with Gasteiger partial charge in [-0.25, -0.2) is 4.98 Å². The number of pyridine rings is 2. The van der Waals surface area contributed by atoms with Gasteiger partial charge in [0, 0.05) is 24.3 Å². The molecule has 23 heavy (non-hydrogen) atoms. The van der Waals surface area contributed by atoms with Crippen LogP contribution in [0.15, 0.2) is 47.4 Å². The van der Waals surface area contributed by atoms with Gasteiger partial charge in [-0.2, -0.15) is 0 Å². The number of aromatic nitrogens is 2. The largest absolute Gasteiger partial charge is 0.322 e. The van der Waals surface area contributed by atoms with Crippen molar-refractivity contribution < 1.29 is 4.79 Å². The van der Waals surface area contributed by atoms with E-state index in [4.69, 9.17) is 0 Å². The Morgan fingerprint density at radius 2 is 1.96 bits per heavy atom. The highest BCUT2D eigenvalue weighted by molar-refractivity contribution is 6.06. The number of hydrogen-bond acceptors (Lipinski definition) is 3. The second-order valence-electron chi connectivity index (χ2n) is 5.61. The van der Waals surface area contributed by atoms with Crippen LogP contribution in [0, 0.1) is 13.8 Å². The highest BCUT2D eigenvalue weighted by atomic mass is 16.2. The molecule has 2 aromatic heterocycles. The van der Waals surface area contributed by atoms with Crippen molar-refractivity contribution in [2.24, 2.45) is 7.05 Å². The van der Waals surface area contributed by atoms with Crippen molar-refractivity contribution in [1.29, 1.82) is 0 Å². The molecule has 2 heterocycles. The van der Waals surface area contributed by atoms with E-state index in [1.807, 2.05) is 38.1 Å². The first-order chi connectivity index (χ1) is 11.0. The summed E-state index contributed by atoms with van der Waals surface area (Å²) in [6.07, 6.45) is 1.62. The number of carbonyl (C=O) groups excluding carboxylic acids is 1. The van der Waals surface area contributed by atoms with E-state index in [0.717, 1.165) is 16.5 Å². The van der Waals surface area contributed by atoms with Crippen LogP contribution in [0.4, 0.5) is 5.69 Å². The Bertz CT molecular complexity index is 974. The van der Waals surface area contributed by atoms with E-state index in [0.29, 0.717) is 11.3 Å². The molecule has 0 radical (unpaired) electrons. The van der Waals surface area contributed by atoms with Gasteiger partial charge < -0.3 is 5.32 Å². The minimum absolute atomic E-state index is 0.105. The molecule has 1 amide bonds. The zero-order valence-electron chi connectivity index (χ0n) is 13.3. The Morgan fingerprint density at radius 1 is 1.17 bits per heavy atom. The highest BCUT2D eigenvalue weighted by Gasteiger charge is 2.15. The summed E-state index contributed by atoms with van der Waals surface area (Å²) < 4.78 is 1.40. The first kappa shape index (κ1) is 15.0. The molecule has 0 saturated carbocycles. The number of nitrogens with one attached hydrogen (secondary N) is 1. The molecule has 1 aromatic carbocycles. The molecule has 5 nitrogen and oxygen atoms in total. The van der Waals surface area contributed by atoms with Crippen molar-refractivity contribution >= 4 is 22.6 Å². The Balaban J connectivity index is 2.06. The van der Waals surface area contributed by atoms with E-state index in [-0.39, 0.29) is 11.1 Å². The summed E-state index contributed by atoms with van der Waals surface area (Å²) in [6.45, 7) is 3.87. The molecule has 0 aliphatic rings. The predicted octanol–water partition coefficient (Wildman–Crippen LogP) is 2.80. The molecule has 0 aliphatic heterocycles. The summed E-state index contributed by atoms with van der Waals surface area (Å²) in [6, 6.07) is 11.0. The number of anilines is 1. The average Bonchev–Trinajstić information content (AvgIpc) is 2.54. The van der Waals surface area contributed by atoms with Crippen LogP contribution >= 0.6 is 0 Å². The number of nitrogens with zero attached hydrogens (tertiary/aromatic N) is 2. The van der Waals surface area contributed by atoms with Gasteiger partial charge in [0.15, 0.2) is 0 Å². The van der Waals surface area contributed by atoms with Crippen LogP contribution < -0.4 is 10.9 Å². The quantitative estimate of drug-likeness (QED) is 0.792. The Labute approximate surface area is 133 Å². The van der Waals surface area contributed by atoms with Crippen LogP contribution in [0.3, 0.4) is 0 Å². The summed E-state index contributed by atoms with van der Waals surface area (Å²) in [4.78, 5) is 29.2. The standard InChI is InChI=1S/C18H17N3O2/c1-11-6-7-12(2)15(9-11)20-17(22)14-10-13-5-4-8-19-16(13)21(3)18(14)23/h4-10H,1-3H3,(H,20,22). The van der Waals surface area contributed by atoms with Crippen LogP contribution in [-0.2, 0) is 7.05 Å². The molecular weight excluding hydrogens is 290 g/mol. The van der Waals surface area contributed by atoms with Crippen molar-refractivity contribution in [2.45, 2.75) is 13.8 Å². The SMILES string of the molecule is Cc1ccc(C)c(NC(=O)c2cc3cccnc3n(C)c2=O)c1. The van der Waals surface area contributed by atoms with E-state index < -0.39 is 5.91 Å². The third-order valence-corrected chi connectivity index (χ3v) is 3.86. The van der Waals surface area contributed by atoms with Gasteiger partial charge in [-0.15, -0.1) is 0 Å². The Morgan fingerprint density at radius 3 is 2.74 bits per heavy atom. The Kier molecular flexibility index (Phi) is 3.70. The molecule has 0 unspecified atom stereocenters. The van der Waals surface area contributed by atoms with Gasteiger partial charge in [0.1, 0.15) is 11.2 Å². The lowest BCUT2D eigenvalue weighted by atomic mass is 10.1. The fourth-order valence-electron chi connectivity index (χ4n) is 2.52. The number of amides is 1. The van der Waals surface area contributed by atoms with E-state index in [9.17, 15) is 9.59 Å². The molecule has 116 valence electrons. The van der Waals surface area contributed by atoms with E-state index in [1.165, 1.54) is 4.57 Å². The lowest BCUT2D eigenvalue weighted by molar-refractivity contribution is 0.102. The normalized spacial score (nSPS) is 10.7. The molecule has 0 fully saturated rings. The fraction of sp³-hybridized carbons (Fsp3) is 0.167. The molecule has 5 heteroatoms. The van der Waals surface area contributed by atoms with E-state index in [1.54, 1.807) is 25.4 Å². The summed E-state index contributed by atoms with van der Waals surface area (Å²) in [5.41, 5.74) is 3.00. The monoisotopic (exact) mass is 307 g/mol. The minimum atomic E-state index is -0.412.